The standard InChI is InChI=1S/C57H105N2O6P/c1-6-8-10-12-14-16-18-20-21-22-23-24-25-26-27-28-29-30-31-32-33-34-35-36-37-39-41-43-45-47-49-51-57(61)58-55(54-65-66(62,63)64-53-52-59(3,4)5)56(60)50-48-46-44-42-40-38-19-17-15-13-11-9-7-2/h15,17-18,20,22-23,25-26,40,42,48,50,55-56,60H,6-14,16,19,21,24,27-39,41,43-47,49,51-54H2,1-5H3,(H-,58,61,62,63)/p+1/b17-15+,20-18-,23-22-,26-25-,42-40+,50-48+. The molecule has 0 aromatic carbocycles. The molecule has 0 spiro atoms. The van der Waals surface area contributed by atoms with Crippen LogP contribution < -0.4 is 5.32 Å². The Bertz CT molecular complexity index is 1300. The van der Waals surface area contributed by atoms with Crippen LogP contribution in [0.25, 0.3) is 0 Å². The van der Waals surface area contributed by atoms with Crippen LogP contribution in [-0.4, -0.2) is 73.4 Å². The summed E-state index contributed by atoms with van der Waals surface area (Å²) < 4.78 is 23.6. The maximum absolute atomic E-state index is 12.9. The number of unbranched alkanes of at least 4 members (excludes halogenated alkanes) is 26. The van der Waals surface area contributed by atoms with Crippen molar-refractivity contribution in [2.24, 2.45) is 0 Å². The van der Waals surface area contributed by atoms with Gasteiger partial charge in [-0.1, -0.05) is 215 Å². The fourth-order valence-corrected chi connectivity index (χ4v) is 8.29. The van der Waals surface area contributed by atoms with E-state index in [0.29, 0.717) is 17.4 Å². The van der Waals surface area contributed by atoms with Crippen LogP contribution in [0.1, 0.15) is 232 Å². The number of nitrogens with one attached hydrogen (secondary N) is 1. The first-order chi connectivity index (χ1) is 32.0. The number of quaternary nitrogens is 1. The second-order valence-electron chi connectivity index (χ2n) is 19.6. The zero-order valence-corrected chi connectivity index (χ0v) is 44.6. The van der Waals surface area contributed by atoms with E-state index in [-0.39, 0.29) is 19.1 Å². The lowest BCUT2D eigenvalue weighted by Gasteiger charge is -2.25. The number of allylic oxidation sites excluding steroid dienone is 11. The lowest BCUT2D eigenvalue weighted by Crippen LogP contribution is -2.45. The summed E-state index contributed by atoms with van der Waals surface area (Å²) in [7, 11) is 1.54. The normalized spacial score (nSPS) is 14.6. The molecule has 8 nitrogen and oxygen atoms in total. The van der Waals surface area contributed by atoms with Crippen molar-refractivity contribution in [1.82, 2.24) is 5.32 Å². The third-order valence-corrected chi connectivity index (χ3v) is 12.9. The Kier molecular flexibility index (Phi) is 46.5. The van der Waals surface area contributed by atoms with Crippen LogP contribution in [0.3, 0.4) is 0 Å². The SMILES string of the molecule is CCCCC/C=C/CC/C=C/CC/C=C/C(O)C(COP(=O)(O)OCC[N+](C)(C)C)NC(=O)CCCCCCCCCCCCCCCCCC/C=C\C/C=C\C/C=C\CCCCCCC. The summed E-state index contributed by atoms with van der Waals surface area (Å²) in [6.07, 6.45) is 65.8. The molecule has 3 N–H and O–H groups in total. The number of aliphatic hydroxyl groups excluding tert-OH is 1. The van der Waals surface area contributed by atoms with Crippen LogP contribution in [0, 0.1) is 0 Å². The molecule has 3 unspecified atom stereocenters. The van der Waals surface area contributed by atoms with Gasteiger partial charge in [-0.15, -0.1) is 0 Å². The highest BCUT2D eigenvalue weighted by Gasteiger charge is 2.27. The van der Waals surface area contributed by atoms with Crippen molar-refractivity contribution >= 4 is 13.7 Å². The number of phosphoric acid groups is 1. The van der Waals surface area contributed by atoms with Crippen molar-refractivity contribution in [3.63, 3.8) is 0 Å². The number of aliphatic hydroxyl groups is 1. The van der Waals surface area contributed by atoms with Gasteiger partial charge in [0.1, 0.15) is 13.2 Å². The highest BCUT2D eigenvalue weighted by molar-refractivity contribution is 7.47. The predicted molar refractivity (Wildman–Crippen MR) is 286 cm³/mol. The number of phosphoric ester groups is 1. The van der Waals surface area contributed by atoms with Crippen LogP contribution in [0.5, 0.6) is 0 Å². The third-order valence-electron chi connectivity index (χ3n) is 11.9. The molecule has 0 aliphatic carbocycles. The number of nitrogens with zero attached hydrogens (tertiary/aromatic N) is 1. The zero-order chi connectivity index (χ0) is 48.5. The highest BCUT2D eigenvalue weighted by Crippen LogP contribution is 2.43. The number of hydrogen-bond donors (Lipinski definition) is 3. The monoisotopic (exact) mass is 946 g/mol. The average molecular weight is 946 g/mol. The molecule has 0 saturated heterocycles. The van der Waals surface area contributed by atoms with Crippen molar-refractivity contribution in [3.05, 3.63) is 72.9 Å². The summed E-state index contributed by atoms with van der Waals surface area (Å²) in [4.78, 5) is 23.2. The van der Waals surface area contributed by atoms with Gasteiger partial charge in [-0.05, 0) is 83.5 Å². The Hall–Kier alpha value is -2.06. The molecule has 0 saturated carbocycles. The fourth-order valence-electron chi connectivity index (χ4n) is 7.55. The van der Waals surface area contributed by atoms with Crippen LogP contribution in [0.15, 0.2) is 72.9 Å². The molecule has 1 amide bonds. The molecule has 0 bridgehead atoms. The second kappa shape index (κ2) is 48.0. The van der Waals surface area contributed by atoms with Gasteiger partial charge in [0.15, 0.2) is 0 Å². The van der Waals surface area contributed by atoms with Crippen LogP contribution in [0.4, 0.5) is 0 Å². The first kappa shape index (κ1) is 63.9. The quantitative estimate of drug-likeness (QED) is 0.0243. The van der Waals surface area contributed by atoms with Gasteiger partial charge in [-0.2, -0.15) is 0 Å². The number of hydrogen-bond acceptors (Lipinski definition) is 5. The molecule has 0 aliphatic heterocycles. The molecule has 3 atom stereocenters. The fraction of sp³-hybridized carbons (Fsp3) is 0.772. The number of carbonyl (C=O) groups excluding carboxylic acids is 1. The van der Waals surface area contributed by atoms with Gasteiger partial charge in [-0.25, -0.2) is 4.57 Å². The summed E-state index contributed by atoms with van der Waals surface area (Å²) >= 11 is 0. The van der Waals surface area contributed by atoms with Gasteiger partial charge in [0.25, 0.3) is 0 Å². The molecule has 9 heteroatoms. The molecule has 0 aromatic rings. The Balaban J connectivity index is 4.12. The van der Waals surface area contributed by atoms with Crippen LogP contribution in [-0.2, 0) is 18.4 Å². The lowest BCUT2D eigenvalue weighted by atomic mass is 10.0. The summed E-state index contributed by atoms with van der Waals surface area (Å²) in [5.74, 6) is -0.193. The average Bonchev–Trinajstić information content (AvgIpc) is 3.28. The van der Waals surface area contributed by atoms with Gasteiger partial charge in [0.05, 0.1) is 39.9 Å². The van der Waals surface area contributed by atoms with Gasteiger partial charge in [-0.3, -0.25) is 13.8 Å². The maximum atomic E-state index is 12.9. The number of likely N-dealkylation sites (N-methyl/N-ethyl adjacent to an activating group) is 1. The molecular weight excluding hydrogens is 840 g/mol. The second-order valence-corrected chi connectivity index (χ2v) is 21.0. The first-order valence-electron chi connectivity index (χ1n) is 27.3. The molecule has 0 aliphatic rings. The molecule has 0 heterocycles. The Labute approximate surface area is 408 Å². The van der Waals surface area contributed by atoms with Gasteiger partial charge < -0.3 is 19.8 Å². The predicted octanol–water partition coefficient (Wildman–Crippen LogP) is 16.3. The topological polar surface area (TPSA) is 105 Å². The van der Waals surface area contributed by atoms with E-state index in [1.165, 1.54) is 148 Å². The third kappa shape index (κ3) is 49.8. The summed E-state index contributed by atoms with van der Waals surface area (Å²) in [5.41, 5.74) is 0. The minimum atomic E-state index is -4.35. The molecule has 0 fully saturated rings. The molecule has 66 heavy (non-hydrogen) atoms. The molecule has 0 rings (SSSR count). The number of amides is 1. The van der Waals surface area contributed by atoms with Crippen LogP contribution in [0.2, 0.25) is 0 Å². The number of carbonyl (C=O) groups is 1. The molecular formula is C57H106N2O6P+. The lowest BCUT2D eigenvalue weighted by molar-refractivity contribution is -0.870. The minimum Gasteiger partial charge on any atom is -0.387 e. The van der Waals surface area contributed by atoms with Crippen molar-refractivity contribution < 1.29 is 32.9 Å². The van der Waals surface area contributed by atoms with E-state index in [9.17, 15) is 19.4 Å². The van der Waals surface area contributed by atoms with Crippen molar-refractivity contribution in [1.29, 1.82) is 0 Å². The highest BCUT2D eigenvalue weighted by atomic mass is 31.2. The van der Waals surface area contributed by atoms with E-state index in [2.05, 4.69) is 79.9 Å². The summed E-state index contributed by atoms with van der Waals surface area (Å²) in [5, 5.41) is 13.8. The van der Waals surface area contributed by atoms with Crippen molar-refractivity contribution in [2.75, 3.05) is 40.9 Å². The van der Waals surface area contributed by atoms with E-state index in [4.69, 9.17) is 9.05 Å². The maximum Gasteiger partial charge on any atom is 0.472 e. The van der Waals surface area contributed by atoms with Gasteiger partial charge in [0, 0.05) is 6.42 Å². The largest absolute Gasteiger partial charge is 0.472 e. The van der Waals surface area contributed by atoms with E-state index in [1.807, 2.05) is 27.2 Å². The van der Waals surface area contributed by atoms with Crippen LogP contribution >= 0.6 is 7.82 Å². The Morgan fingerprint density at radius 2 is 0.879 bits per heavy atom. The van der Waals surface area contributed by atoms with E-state index >= 15 is 0 Å². The Morgan fingerprint density at radius 1 is 0.515 bits per heavy atom. The summed E-state index contributed by atoms with van der Waals surface area (Å²) in [6.45, 7) is 4.74. The van der Waals surface area contributed by atoms with Gasteiger partial charge >= 0.3 is 7.82 Å². The molecule has 384 valence electrons. The zero-order valence-electron chi connectivity index (χ0n) is 43.7. The minimum absolute atomic E-state index is 0.0515. The first-order valence-corrected chi connectivity index (χ1v) is 28.8. The Morgan fingerprint density at radius 3 is 1.35 bits per heavy atom. The van der Waals surface area contributed by atoms with E-state index in [0.717, 1.165) is 64.2 Å². The summed E-state index contributed by atoms with van der Waals surface area (Å²) in [6, 6.07) is -0.871. The molecule has 0 radical (unpaired) electrons. The van der Waals surface area contributed by atoms with Gasteiger partial charge in [0.2, 0.25) is 5.91 Å². The van der Waals surface area contributed by atoms with Crippen molar-refractivity contribution in [3.8, 4) is 0 Å². The van der Waals surface area contributed by atoms with E-state index in [1.54, 1.807) is 6.08 Å². The number of rotatable bonds is 49. The smallest absolute Gasteiger partial charge is 0.387 e. The molecule has 0 aromatic heterocycles. The van der Waals surface area contributed by atoms with E-state index < -0.39 is 20.0 Å². The van der Waals surface area contributed by atoms with Crippen molar-refractivity contribution in [2.45, 2.75) is 244 Å².